The summed E-state index contributed by atoms with van der Waals surface area (Å²) in [6, 6.07) is 0.850. The van der Waals surface area contributed by atoms with Crippen LogP contribution in [0.2, 0.25) is 0 Å². The summed E-state index contributed by atoms with van der Waals surface area (Å²) >= 11 is 0. The standard InChI is InChI=1S/C14H20N2O/c1-9-6-13-10(14(17)7-9)8-15-11-4-2-3-5-12(11)16-13/h8-9,11-12,16H,2-7H2,1H3/t9-,11+,12-/m0/s1. The molecule has 0 aromatic rings. The van der Waals surface area contributed by atoms with Crippen LogP contribution >= 0.6 is 0 Å². The predicted octanol–water partition coefficient (Wildman–Crippen LogP) is 2.22. The van der Waals surface area contributed by atoms with Gasteiger partial charge in [-0.25, -0.2) is 0 Å². The molecule has 92 valence electrons. The van der Waals surface area contributed by atoms with E-state index in [0.717, 1.165) is 17.7 Å². The maximum atomic E-state index is 12.0. The van der Waals surface area contributed by atoms with Crippen molar-refractivity contribution in [3.63, 3.8) is 0 Å². The molecule has 1 saturated carbocycles. The molecule has 3 aliphatic rings. The Morgan fingerprint density at radius 1 is 1.29 bits per heavy atom. The number of ketones is 1. The molecule has 0 amide bonds. The molecule has 1 fully saturated rings. The SMILES string of the molecule is C[C@@H]1CC(=O)C2=C(C1)N[C@H]1CCCC[C@H]1N=C2. The van der Waals surface area contributed by atoms with E-state index in [4.69, 9.17) is 0 Å². The van der Waals surface area contributed by atoms with E-state index in [0.29, 0.717) is 24.4 Å². The number of hydrogen-bond donors (Lipinski definition) is 1. The fourth-order valence-electron chi connectivity index (χ4n) is 3.26. The Morgan fingerprint density at radius 3 is 3.00 bits per heavy atom. The van der Waals surface area contributed by atoms with Crippen molar-refractivity contribution in [1.29, 1.82) is 0 Å². The van der Waals surface area contributed by atoms with E-state index in [1.807, 2.05) is 6.21 Å². The first-order valence-corrected chi connectivity index (χ1v) is 6.80. The highest BCUT2D eigenvalue weighted by atomic mass is 16.1. The van der Waals surface area contributed by atoms with Gasteiger partial charge in [0.25, 0.3) is 0 Å². The van der Waals surface area contributed by atoms with Crippen molar-refractivity contribution in [1.82, 2.24) is 5.32 Å². The molecule has 0 aromatic carbocycles. The Bertz CT molecular complexity index is 397. The highest BCUT2D eigenvalue weighted by Gasteiger charge is 2.31. The monoisotopic (exact) mass is 232 g/mol. The lowest BCUT2D eigenvalue weighted by atomic mass is 9.86. The number of nitrogens with zero attached hydrogens (tertiary/aromatic N) is 1. The van der Waals surface area contributed by atoms with Crippen LogP contribution in [-0.4, -0.2) is 24.1 Å². The van der Waals surface area contributed by atoms with Crippen molar-refractivity contribution in [3.8, 4) is 0 Å². The van der Waals surface area contributed by atoms with Crippen molar-refractivity contribution in [2.24, 2.45) is 10.9 Å². The number of rotatable bonds is 0. The highest BCUT2D eigenvalue weighted by Crippen LogP contribution is 2.30. The minimum atomic E-state index is 0.272. The fraction of sp³-hybridized carbons (Fsp3) is 0.714. The average molecular weight is 232 g/mol. The summed E-state index contributed by atoms with van der Waals surface area (Å²) < 4.78 is 0. The van der Waals surface area contributed by atoms with Gasteiger partial charge < -0.3 is 5.32 Å². The Morgan fingerprint density at radius 2 is 2.12 bits per heavy atom. The average Bonchev–Trinajstić information content (AvgIpc) is 2.47. The normalized spacial score (nSPS) is 37.0. The molecule has 0 unspecified atom stereocenters. The van der Waals surface area contributed by atoms with Gasteiger partial charge in [-0.3, -0.25) is 9.79 Å². The maximum absolute atomic E-state index is 12.0. The van der Waals surface area contributed by atoms with E-state index in [2.05, 4.69) is 17.2 Å². The number of Topliss-reactive ketones (excluding diaryl/α,β-unsaturated/α-hetero) is 1. The highest BCUT2D eigenvalue weighted by molar-refractivity contribution is 6.14. The third-order valence-electron chi connectivity index (χ3n) is 4.20. The molecule has 1 N–H and O–H groups in total. The molecule has 1 heterocycles. The summed E-state index contributed by atoms with van der Waals surface area (Å²) in [6.07, 6.45) is 8.47. The molecule has 0 bridgehead atoms. The van der Waals surface area contributed by atoms with Crippen LogP contribution < -0.4 is 5.32 Å². The van der Waals surface area contributed by atoms with E-state index in [9.17, 15) is 4.79 Å². The number of nitrogens with one attached hydrogen (secondary N) is 1. The van der Waals surface area contributed by atoms with Crippen LogP contribution in [0.15, 0.2) is 16.3 Å². The molecule has 3 atom stereocenters. The third kappa shape index (κ3) is 2.03. The first-order chi connectivity index (χ1) is 8.24. The maximum Gasteiger partial charge on any atom is 0.166 e. The van der Waals surface area contributed by atoms with Gasteiger partial charge in [0, 0.05) is 24.4 Å². The van der Waals surface area contributed by atoms with Crippen molar-refractivity contribution >= 4 is 12.0 Å². The number of aliphatic imine (C=N–C) groups is 1. The minimum absolute atomic E-state index is 0.272. The second kappa shape index (κ2) is 4.28. The number of allylic oxidation sites excluding steroid dienone is 2. The summed E-state index contributed by atoms with van der Waals surface area (Å²) in [5, 5.41) is 3.61. The lowest BCUT2D eigenvalue weighted by molar-refractivity contribution is -0.116. The Labute approximate surface area is 102 Å². The molecule has 3 heteroatoms. The van der Waals surface area contributed by atoms with E-state index >= 15 is 0 Å². The molecular formula is C14H20N2O. The van der Waals surface area contributed by atoms with Gasteiger partial charge in [0.05, 0.1) is 11.6 Å². The zero-order chi connectivity index (χ0) is 11.8. The van der Waals surface area contributed by atoms with E-state index in [1.165, 1.54) is 25.7 Å². The number of hydrogen-bond acceptors (Lipinski definition) is 3. The second-order valence-electron chi connectivity index (χ2n) is 5.71. The summed E-state index contributed by atoms with van der Waals surface area (Å²) in [4.78, 5) is 16.6. The van der Waals surface area contributed by atoms with Gasteiger partial charge in [-0.2, -0.15) is 0 Å². The second-order valence-corrected chi connectivity index (χ2v) is 5.71. The summed E-state index contributed by atoms with van der Waals surface area (Å²) in [6.45, 7) is 2.16. The van der Waals surface area contributed by atoms with Crippen LogP contribution in [0.1, 0.15) is 45.4 Å². The van der Waals surface area contributed by atoms with Crippen LogP contribution in [-0.2, 0) is 4.79 Å². The molecular weight excluding hydrogens is 212 g/mol. The molecule has 0 saturated heterocycles. The molecule has 3 nitrogen and oxygen atoms in total. The summed E-state index contributed by atoms with van der Waals surface area (Å²) in [5.74, 6) is 0.746. The third-order valence-corrected chi connectivity index (χ3v) is 4.20. The predicted molar refractivity (Wildman–Crippen MR) is 68.1 cm³/mol. The van der Waals surface area contributed by atoms with Crippen LogP contribution in [0, 0.1) is 5.92 Å². The smallest absolute Gasteiger partial charge is 0.166 e. The van der Waals surface area contributed by atoms with Gasteiger partial charge in [-0.15, -0.1) is 0 Å². The lowest BCUT2D eigenvalue weighted by Gasteiger charge is -2.31. The van der Waals surface area contributed by atoms with Gasteiger partial charge in [0.1, 0.15) is 0 Å². The van der Waals surface area contributed by atoms with Crippen molar-refractivity contribution < 1.29 is 4.79 Å². The zero-order valence-electron chi connectivity index (χ0n) is 10.4. The summed E-state index contributed by atoms with van der Waals surface area (Å²) in [7, 11) is 0. The first-order valence-electron chi connectivity index (χ1n) is 6.80. The zero-order valence-corrected chi connectivity index (χ0v) is 10.4. The fourth-order valence-corrected chi connectivity index (χ4v) is 3.26. The lowest BCUT2D eigenvalue weighted by Crippen LogP contribution is -2.41. The topological polar surface area (TPSA) is 41.5 Å². The van der Waals surface area contributed by atoms with E-state index < -0.39 is 0 Å². The van der Waals surface area contributed by atoms with Gasteiger partial charge >= 0.3 is 0 Å². The molecule has 1 aliphatic heterocycles. The van der Waals surface area contributed by atoms with Crippen LogP contribution in [0.3, 0.4) is 0 Å². The number of fused-ring (bicyclic) bond motifs is 1. The largest absolute Gasteiger partial charge is 0.383 e. The summed E-state index contributed by atoms with van der Waals surface area (Å²) in [5.41, 5.74) is 2.02. The Balaban J connectivity index is 1.90. The number of carbonyl (C=O) groups excluding carboxylic acids is 1. The van der Waals surface area contributed by atoms with Gasteiger partial charge in [0.2, 0.25) is 0 Å². The number of carbonyl (C=O) groups is 1. The minimum Gasteiger partial charge on any atom is -0.383 e. The Kier molecular flexibility index (Phi) is 2.77. The van der Waals surface area contributed by atoms with Gasteiger partial charge in [0.15, 0.2) is 5.78 Å². The van der Waals surface area contributed by atoms with E-state index in [-0.39, 0.29) is 5.78 Å². The molecule has 0 radical (unpaired) electrons. The van der Waals surface area contributed by atoms with Crippen LogP contribution in [0.25, 0.3) is 0 Å². The van der Waals surface area contributed by atoms with E-state index in [1.54, 1.807) is 0 Å². The van der Waals surface area contributed by atoms with Crippen LogP contribution in [0.4, 0.5) is 0 Å². The van der Waals surface area contributed by atoms with Crippen molar-refractivity contribution in [2.75, 3.05) is 0 Å². The van der Waals surface area contributed by atoms with Gasteiger partial charge in [-0.1, -0.05) is 19.8 Å². The quantitative estimate of drug-likeness (QED) is 0.696. The molecule has 0 aromatic heterocycles. The molecule has 2 aliphatic carbocycles. The van der Waals surface area contributed by atoms with Crippen molar-refractivity contribution in [3.05, 3.63) is 11.3 Å². The van der Waals surface area contributed by atoms with Gasteiger partial charge in [-0.05, 0) is 25.2 Å². The Hall–Kier alpha value is -1.12. The molecule has 0 spiro atoms. The van der Waals surface area contributed by atoms with Crippen LogP contribution in [0.5, 0.6) is 0 Å². The first kappa shape index (κ1) is 11.0. The molecule has 3 rings (SSSR count). The molecule has 17 heavy (non-hydrogen) atoms. The van der Waals surface area contributed by atoms with Crippen molar-refractivity contribution in [2.45, 2.75) is 57.5 Å².